The summed E-state index contributed by atoms with van der Waals surface area (Å²) in [5.41, 5.74) is 7.16. The van der Waals surface area contributed by atoms with Crippen molar-refractivity contribution in [1.29, 1.82) is 0 Å². The second kappa shape index (κ2) is 17.8. The Balaban J connectivity index is 1.03. The van der Waals surface area contributed by atoms with Gasteiger partial charge in [0.2, 0.25) is 11.8 Å². The molecular formula is C43H53N7O6. The fraction of sp³-hybridized carbons (Fsp3) is 0.442. The van der Waals surface area contributed by atoms with Crippen LogP contribution in [0.15, 0.2) is 65.9 Å². The highest BCUT2D eigenvalue weighted by Gasteiger charge is 2.39. The molecule has 13 heteroatoms. The van der Waals surface area contributed by atoms with Gasteiger partial charge in [-0.2, -0.15) is 0 Å². The number of nitrogens with one attached hydrogen (secondary N) is 3. The molecule has 0 bridgehead atoms. The van der Waals surface area contributed by atoms with Crippen molar-refractivity contribution in [3.8, 4) is 11.3 Å². The molecule has 0 saturated carbocycles. The first-order valence-corrected chi connectivity index (χ1v) is 19.5. The number of aromatic amines is 1. The zero-order valence-corrected chi connectivity index (χ0v) is 33.1. The minimum Gasteiger partial charge on any atom is -0.453 e. The number of allylic oxidation sites excluding steroid dienone is 1. The van der Waals surface area contributed by atoms with Gasteiger partial charge in [0.05, 0.1) is 38.2 Å². The summed E-state index contributed by atoms with van der Waals surface area (Å²) in [4.78, 5) is 67.4. The lowest BCUT2D eigenvalue weighted by Gasteiger charge is -2.31. The summed E-state index contributed by atoms with van der Waals surface area (Å²) >= 11 is 0. The molecule has 0 radical (unpaired) electrons. The molecule has 4 atom stereocenters. The molecule has 2 saturated heterocycles. The van der Waals surface area contributed by atoms with Crippen molar-refractivity contribution >= 4 is 47.4 Å². The van der Waals surface area contributed by atoms with Crippen molar-refractivity contribution in [3.05, 3.63) is 83.4 Å². The van der Waals surface area contributed by atoms with Gasteiger partial charge in [-0.15, -0.1) is 0 Å². The van der Waals surface area contributed by atoms with E-state index in [1.54, 1.807) is 6.20 Å². The number of rotatable bonds is 12. The van der Waals surface area contributed by atoms with E-state index in [2.05, 4.69) is 81.3 Å². The van der Waals surface area contributed by atoms with Crippen molar-refractivity contribution in [1.82, 2.24) is 30.4 Å². The van der Waals surface area contributed by atoms with Crippen LogP contribution < -0.4 is 10.6 Å². The highest BCUT2D eigenvalue weighted by Crippen LogP contribution is 2.34. The molecule has 13 nitrogen and oxygen atoms in total. The largest absolute Gasteiger partial charge is 0.453 e. The summed E-state index contributed by atoms with van der Waals surface area (Å²) in [6, 6.07) is 15.0. The Hall–Kier alpha value is -5.72. The zero-order chi connectivity index (χ0) is 39.9. The van der Waals surface area contributed by atoms with Crippen LogP contribution in [0.5, 0.6) is 0 Å². The topological polar surface area (TPSA) is 158 Å². The number of hydrogen-bond acceptors (Lipinski definition) is 8. The molecule has 0 spiro atoms. The molecule has 2 aromatic carbocycles. The van der Waals surface area contributed by atoms with E-state index in [-0.39, 0.29) is 35.7 Å². The molecule has 3 aliphatic rings. The average Bonchev–Trinajstić information content (AvgIpc) is 4.04. The van der Waals surface area contributed by atoms with Gasteiger partial charge in [-0.25, -0.2) is 14.6 Å². The molecule has 6 rings (SSSR count). The van der Waals surface area contributed by atoms with E-state index >= 15 is 0 Å². The van der Waals surface area contributed by atoms with Gasteiger partial charge in [-0.1, -0.05) is 88.4 Å². The number of hydrogen-bond donors (Lipinski definition) is 3. The first-order chi connectivity index (χ1) is 27.0. The number of aliphatic imine (C=N–C) groups is 1. The van der Waals surface area contributed by atoms with Crippen LogP contribution in [0.1, 0.15) is 88.4 Å². The molecule has 2 fully saturated rings. The first kappa shape index (κ1) is 40.0. The Kier molecular flexibility index (Phi) is 12.7. The van der Waals surface area contributed by atoms with E-state index in [9.17, 15) is 19.2 Å². The van der Waals surface area contributed by atoms with Crippen LogP contribution in [0.3, 0.4) is 0 Å². The van der Waals surface area contributed by atoms with Gasteiger partial charge in [0.15, 0.2) is 0 Å². The van der Waals surface area contributed by atoms with Crippen molar-refractivity contribution < 1.29 is 28.7 Å². The van der Waals surface area contributed by atoms with Gasteiger partial charge >= 0.3 is 12.2 Å². The molecule has 56 heavy (non-hydrogen) atoms. The molecular weight excluding hydrogens is 711 g/mol. The summed E-state index contributed by atoms with van der Waals surface area (Å²) < 4.78 is 9.51. The quantitative estimate of drug-likeness (QED) is 0.170. The number of imidazole rings is 1. The number of alkyl carbamates (subject to hydrolysis) is 2. The molecule has 1 aromatic heterocycles. The fourth-order valence-electron chi connectivity index (χ4n) is 7.70. The summed E-state index contributed by atoms with van der Waals surface area (Å²) in [6.07, 6.45) is 10.7. The molecule has 3 aliphatic heterocycles. The maximum absolute atomic E-state index is 13.5. The molecule has 296 valence electrons. The van der Waals surface area contributed by atoms with Crippen LogP contribution in [0.2, 0.25) is 0 Å². The fourth-order valence-corrected chi connectivity index (χ4v) is 7.70. The number of benzene rings is 2. The van der Waals surface area contributed by atoms with E-state index < -0.39 is 24.3 Å². The van der Waals surface area contributed by atoms with Gasteiger partial charge in [-0.3, -0.25) is 14.6 Å². The number of ether oxygens (including phenoxy) is 2. The molecule has 0 unspecified atom stereocenters. The predicted molar refractivity (Wildman–Crippen MR) is 216 cm³/mol. The summed E-state index contributed by atoms with van der Waals surface area (Å²) in [5, 5.41) is 5.41. The standard InChI is InChI=1S/C43H53N7O6/c1-26(2)37(47-42(53)55-5)40(51)49-21-7-9-35(49)33-23-32(24-44-33)30-17-13-28(14-18-30)11-12-29-15-19-31(20-16-29)34-25-45-39(46-34)36-10-8-22-50(36)41(52)38(27(3)4)48-43(54)56-6/h11-20,24-27,35-38H,7-10,21-23H2,1-6H3,(H,45,46)(H,47,53)(H,48,54)/b12-11+/t35-,36-,37-,38-/m0/s1. The third-order valence-corrected chi connectivity index (χ3v) is 10.9. The monoisotopic (exact) mass is 763 g/mol. The SMILES string of the molecule is COC(=O)N[C@H](C(=O)N1CCC[C@H]1C1=NC=C(c2ccc(/C=C/c3ccc(-c4cnc([C@@H]5CCCN5C(=O)[C@@H](NC(=O)OC)C(C)C)[nH]4)cc3)cc2)C1)C(C)C. The minimum atomic E-state index is -0.680. The van der Waals surface area contributed by atoms with Crippen LogP contribution in [-0.4, -0.2) is 94.9 Å². The predicted octanol–water partition coefficient (Wildman–Crippen LogP) is 6.85. The van der Waals surface area contributed by atoms with E-state index in [1.165, 1.54) is 14.2 Å². The van der Waals surface area contributed by atoms with Crippen molar-refractivity contribution in [2.45, 2.75) is 84.0 Å². The van der Waals surface area contributed by atoms with E-state index in [1.807, 2.05) is 43.7 Å². The minimum absolute atomic E-state index is 0.0805. The zero-order valence-electron chi connectivity index (χ0n) is 33.1. The lowest BCUT2D eigenvalue weighted by Crippen LogP contribution is -2.53. The van der Waals surface area contributed by atoms with Crippen molar-refractivity contribution in [3.63, 3.8) is 0 Å². The summed E-state index contributed by atoms with van der Waals surface area (Å²) in [6.45, 7) is 8.88. The summed E-state index contributed by atoms with van der Waals surface area (Å²) in [5.74, 6) is 0.320. The van der Waals surface area contributed by atoms with Crippen LogP contribution in [-0.2, 0) is 19.1 Å². The van der Waals surface area contributed by atoms with E-state index in [4.69, 9.17) is 14.5 Å². The number of amides is 4. The third-order valence-electron chi connectivity index (χ3n) is 10.9. The lowest BCUT2D eigenvalue weighted by atomic mass is 9.97. The Labute approximate surface area is 328 Å². The van der Waals surface area contributed by atoms with Gasteiger partial charge in [0, 0.05) is 31.4 Å². The third kappa shape index (κ3) is 9.04. The van der Waals surface area contributed by atoms with Crippen LogP contribution in [0.4, 0.5) is 9.59 Å². The number of aromatic nitrogens is 2. The van der Waals surface area contributed by atoms with Crippen molar-refractivity contribution in [2.24, 2.45) is 16.8 Å². The summed E-state index contributed by atoms with van der Waals surface area (Å²) in [7, 11) is 2.59. The van der Waals surface area contributed by atoms with Crippen LogP contribution in [0, 0.1) is 11.8 Å². The molecule has 4 amide bonds. The Morgan fingerprint density at radius 2 is 1.25 bits per heavy atom. The second-order valence-corrected chi connectivity index (χ2v) is 15.3. The number of methoxy groups -OCH3 is 2. The Morgan fingerprint density at radius 1 is 0.750 bits per heavy atom. The van der Waals surface area contributed by atoms with Crippen molar-refractivity contribution in [2.75, 3.05) is 27.3 Å². The molecule has 4 heterocycles. The Bertz CT molecular complexity index is 1980. The maximum atomic E-state index is 13.5. The van der Waals surface area contributed by atoms with E-state index in [0.29, 0.717) is 19.5 Å². The number of carbonyl (C=O) groups excluding carboxylic acids is 4. The maximum Gasteiger partial charge on any atom is 0.407 e. The average molecular weight is 764 g/mol. The highest BCUT2D eigenvalue weighted by atomic mass is 16.5. The number of nitrogens with zero attached hydrogens (tertiary/aromatic N) is 4. The number of likely N-dealkylation sites (tertiary alicyclic amines) is 2. The Morgan fingerprint density at radius 3 is 1.77 bits per heavy atom. The molecule has 3 aromatic rings. The molecule has 3 N–H and O–H groups in total. The molecule has 0 aliphatic carbocycles. The number of H-pyrrole nitrogens is 1. The normalized spacial score (nSPS) is 19.3. The number of carbonyl (C=O) groups is 4. The highest BCUT2D eigenvalue weighted by molar-refractivity contribution is 6.03. The van der Waals surface area contributed by atoms with E-state index in [0.717, 1.165) is 70.7 Å². The van der Waals surface area contributed by atoms with Crippen LogP contribution in [0.25, 0.3) is 29.0 Å². The van der Waals surface area contributed by atoms with Gasteiger partial charge < -0.3 is 34.9 Å². The smallest absolute Gasteiger partial charge is 0.407 e. The van der Waals surface area contributed by atoms with Gasteiger partial charge in [-0.05, 0) is 65.3 Å². The van der Waals surface area contributed by atoms with Gasteiger partial charge in [0.1, 0.15) is 17.9 Å². The van der Waals surface area contributed by atoms with Crippen LogP contribution >= 0.6 is 0 Å². The lowest BCUT2D eigenvalue weighted by molar-refractivity contribution is -0.135. The van der Waals surface area contributed by atoms with Gasteiger partial charge in [0.25, 0.3) is 0 Å². The second-order valence-electron chi connectivity index (χ2n) is 15.3. The first-order valence-electron chi connectivity index (χ1n) is 19.5.